The van der Waals surface area contributed by atoms with Gasteiger partial charge in [-0.05, 0) is 58.7 Å². The summed E-state index contributed by atoms with van der Waals surface area (Å²) in [6.45, 7) is 0. The third-order valence-electron chi connectivity index (χ3n) is 3.44. The van der Waals surface area contributed by atoms with Gasteiger partial charge in [-0.3, -0.25) is 9.97 Å². The quantitative estimate of drug-likeness (QED) is 0.471. The number of pyridine rings is 2. The van der Waals surface area contributed by atoms with E-state index in [1.54, 1.807) is 24.8 Å². The number of rotatable bonds is 4. The fourth-order valence-corrected chi connectivity index (χ4v) is 3.14. The molecule has 0 N–H and O–H groups in total. The van der Waals surface area contributed by atoms with Gasteiger partial charge in [0, 0.05) is 33.7 Å². The summed E-state index contributed by atoms with van der Waals surface area (Å²) in [5.74, 6) is 0. The van der Waals surface area contributed by atoms with Crippen LogP contribution in [0.25, 0.3) is 24.3 Å². The molecule has 0 saturated carbocycles. The second-order valence-corrected chi connectivity index (χ2v) is 6.83. The van der Waals surface area contributed by atoms with Gasteiger partial charge in [0.25, 0.3) is 0 Å². The van der Waals surface area contributed by atoms with Crippen molar-refractivity contribution in [3.63, 3.8) is 0 Å². The Hall–Kier alpha value is -2.04. The molecule has 0 fully saturated rings. The fraction of sp³-hybridized carbons (Fsp3) is 0. The molecule has 0 spiro atoms. The van der Waals surface area contributed by atoms with E-state index in [0.717, 1.165) is 31.2 Å². The van der Waals surface area contributed by atoms with Crippen LogP contribution in [0.1, 0.15) is 22.3 Å². The highest BCUT2D eigenvalue weighted by atomic mass is 79.9. The smallest absolute Gasteiger partial charge is 0.0273 e. The molecular weight excluding hydrogens is 428 g/mol. The molecule has 0 aliphatic heterocycles. The Morgan fingerprint density at radius 3 is 1.33 bits per heavy atom. The predicted molar refractivity (Wildman–Crippen MR) is 108 cm³/mol. The van der Waals surface area contributed by atoms with E-state index in [2.05, 4.69) is 78.3 Å². The SMILES string of the molecule is Brc1cc(/C=C/c2ccncc2)c(Br)cc1/C=C/c1ccncc1. The maximum Gasteiger partial charge on any atom is 0.0273 e. The molecule has 2 heterocycles. The van der Waals surface area contributed by atoms with Gasteiger partial charge in [-0.25, -0.2) is 0 Å². The molecule has 0 atom stereocenters. The second kappa shape index (κ2) is 8.18. The van der Waals surface area contributed by atoms with Crippen LogP contribution in [-0.4, -0.2) is 9.97 Å². The summed E-state index contributed by atoms with van der Waals surface area (Å²) in [6.07, 6.45) is 15.5. The molecule has 1 aromatic carbocycles. The molecule has 3 rings (SSSR count). The van der Waals surface area contributed by atoms with Crippen LogP contribution < -0.4 is 0 Å². The van der Waals surface area contributed by atoms with Gasteiger partial charge in [0.15, 0.2) is 0 Å². The van der Waals surface area contributed by atoms with E-state index >= 15 is 0 Å². The first kappa shape index (κ1) is 16.8. The van der Waals surface area contributed by atoms with Crippen LogP contribution in [0.2, 0.25) is 0 Å². The Labute approximate surface area is 158 Å². The van der Waals surface area contributed by atoms with Crippen molar-refractivity contribution >= 4 is 56.2 Å². The minimum Gasteiger partial charge on any atom is -0.265 e. The van der Waals surface area contributed by atoms with Crippen LogP contribution >= 0.6 is 31.9 Å². The van der Waals surface area contributed by atoms with E-state index in [4.69, 9.17) is 0 Å². The Morgan fingerprint density at radius 1 is 0.583 bits per heavy atom. The summed E-state index contributed by atoms with van der Waals surface area (Å²) in [7, 11) is 0. The summed E-state index contributed by atoms with van der Waals surface area (Å²) < 4.78 is 2.09. The number of hydrogen-bond donors (Lipinski definition) is 0. The van der Waals surface area contributed by atoms with Crippen LogP contribution in [0, 0.1) is 0 Å². The summed E-state index contributed by atoms with van der Waals surface area (Å²) in [6, 6.07) is 12.1. The predicted octanol–water partition coefficient (Wildman–Crippen LogP) is 6.34. The number of halogens is 2. The van der Waals surface area contributed by atoms with Gasteiger partial charge in [-0.15, -0.1) is 0 Å². The lowest BCUT2D eigenvalue weighted by Crippen LogP contribution is -1.82. The first-order chi connectivity index (χ1) is 11.7. The van der Waals surface area contributed by atoms with Crippen molar-refractivity contribution in [3.05, 3.63) is 92.4 Å². The van der Waals surface area contributed by atoms with Gasteiger partial charge in [-0.1, -0.05) is 56.2 Å². The van der Waals surface area contributed by atoms with Crippen LogP contribution in [0.4, 0.5) is 0 Å². The number of hydrogen-bond acceptors (Lipinski definition) is 2. The molecular formula is C20H14Br2N2. The average Bonchev–Trinajstić information content (AvgIpc) is 2.62. The molecule has 2 aromatic heterocycles. The molecule has 118 valence electrons. The highest BCUT2D eigenvalue weighted by Gasteiger charge is 2.03. The lowest BCUT2D eigenvalue weighted by Gasteiger charge is -2.05. The van der Waals surface area contributed by atoms with E-state index in [1.165, 1.54) is 0 Å². The molecule has 0 amide bonds. The largest absolute Gasteiger partial charge is 0.265 e. The van der Waals surface area contributed by atoms with Gasteiger partial charge in [0.2, 0.25) is 0 Å². The molecule has 0 bridgehead atoms. The van der Waals surface area contributed by atoms with Crippen molar-refractivity contribution in [2.75, 3.05) is 0 Å². The first-order valence-electron chi connectivity index (χ1n) is 7.37. The minimum absolute atomic E-state index is 1.05. The third kappa shape index (κ3) is 4.49. The zero-order valence-electron chi connectivity index (χ0n) is 12.7. The van der Waals surface area contributed by atoms with E-state index in [1.807, 2.05) is 24.3 Å². The lowest BCUT2D eigenvalue weighted by molar-refractivity contribution is 1.32. The number of nitrogens with zero attached hydrogens (tertiary/aromatic N) is 2. The van der Waals surface area contributed by atoms with Crippen molar-refractivity contribution in [2.45, 2.75) is 0 Å². The van der Waals surface area contributed by atoms with E-state index in [0.29, 0.717) is 0 Å². The standard InChI is InChI=1S/C20H14Br2N2/c21-19-14-18(4-2-16-7-11-24-12-8-16)20(22)13-17(19)3-1-15-5-9-23-10-6-15/h1-14H/b3-1+,4-2+. The monoisotopic (exact) mass is 440 g/mol. The van der Waals surface area contributed by atoms with Gasteiger partial charge in [0.05, 0.1) is 0 Å². The Bertz CT molecular complexity index is 798. The molecule has 0 aliphatic carbocycles. The van der Waals surface area contributed by atoms with Gasteiger partial charge < -0.3 is 0 Å². The molecule has 24 heavy (non-hydrogen) atoms. The number of aromatic nitrogens is 2. The lowest BCUT2D eigenvalue weighted by atomic mass is 10.1. The van der Waals surface area contributed by atoms with Crippen LogP contribution in [0.15, 0.2) is 70.1 Å². The summed E-state index contributed by atoms with van der Waals surface area (Å²) >= 11 is 7.31. The summed E-state index contributed by atoms with van der Waals surface area (Å²) in [5.41, 5.74) is 4.46. The van der Waals surface area contributed by atoms with Crippen molar-refractivity contribution in [1.29, 1.82) is 0 Å². The minimum atomic E-state index is 1.05. The van der Waals surface area contributed by atoms with Crippen molar-refractivity contribution < 1.29 is 0 Å². The Kier molecular flexibility index (Phi) is 5.72. The zero-order chi connectivity index (χ0) is 16.8. The Balaban J connectivity index is 1.83. The molecule has 0 saturated heterocycles. The van der Waals surface area contributed by atoms with Crippen LogP contribution in [0.3, 0.4) is 0 Å². The van der Waals surface area contributed by atoms with Gasteiger partial charge in [0.1, 0.15) is 0 Å². The van der Waals surface area contributed by atoms with Crippen molar-refractivity contribution in [1.82, 2.24) is 9.97 Å². The maximum atomic E-state index is 4.03. The Morgan fingerprint density at radius 2 is 0.958 bits per heavy atom. The molecule has 0 radical (unpaired) electrons. The van der Waals surface area contributed by atoms with Crippen LogP contribution in [-0.2, 0) is 0 Å². The van der Waals surface area contributed by atoms with E-state index in [-0.39, 0.29) is 0 Å². The maximum absolute atomic E-state index is 4.03. The summed E-state index contributed by atoms with van der Waals surface area (Å²) in [4.78, 5) is 8.05. The normalized spacial score (nSPS) is 11.4. The second-order valence-electron chi connectivity index (χ2n) is 5.12. The van der Waals surface area contributed by atoms with Gasteiger partial charge >= 0.3 is 0 Å². The molecule has 4 heteroatoms. The van der Waals surface area contributed by atoms with E-state index < -0.39 is 0 Å². The average molecular weight is 442 g/mol. The zero-order valence-corrected chi connectivity index (χ0v) is 15.9. The van der Waals surface area contributed by atoms with Crippen molar-refractivity contribution in [2.24, 2.45) is 0 Å². The fourth-order valence-electron chi connectivity index (χ4n) is 2.15. The molecule has 0 unspecified atom stereocenters. The molecule has 2 nitrogen and oxygen atoms in total. The first-order valence-corrected chi connectivity index (χ1v) is 8.96. The highest BCUT2D eigenvalue weighted by Crippen LogP contribution is 2.29. The summed E-state index contributed by atoms with van der Waals surface area (Å²) in [5, 5.41) is 0. The topological polar surface area (TPSA) is 25.8 Å². The van der Waals surface area contributed by atoms with Crippen LogP contribution in [0.5, 0.6) is 0 Å². The van der Waals surface area contributed by atoms with E-state index in [9.17, 15) is 0 Å². The number of benzene rings is 1. The van der Waals surface area contributed by atoms with Gasteiger partial charge in [-0.2, -0.15) is 0 Å². The van der Waals surface area contributed by atoms with Crippen molar-refractivity contribution in [3.8, 4) is 0 Å². The third-order valence-corrected chi connectivity index (χ3v) is 4.81. The molecule has 0 aliphatic rings. The highest BCUT2D eigenvalue weighted by molar-refractivity contribution is 9.11. The molecule has 3 aromatic rings.